The molecule has 21 heavy (non-hydrogen) atoms. The Bertz CT molecular complexity index is 603. The molecule has 1 aromatic heterocycles. The van der Waals surface area contributed by atoms with Crippen LogP contribution in [0.1, 0.15) is 45.4 Å². The highest BCUT2D eigenvalue weighted by Crippen LogP contribution is 2.32. The van der Waals surface area contributed by atoms with Gasteiger partial charge in [-0.15, -0.1) is 0 Å². The van der Waals surface area contributed by atoms with E-state index in [0.717, 1.165) is 16.2 Å². The maximum Gasteiger partial charge on any atom is 0.134 e. The van der Waals surface area contributed by atoms with Crippen molar-refractivity contribution >= 4 is 32.5 Å². The Balaban J connectivity index is 1.73. The lowest BCUT2D eigenvalue weighted by molar-refractivity contribution is 0.318. The lowest BCUT2D eigenvalue weighted by atomic mass is 9.83. The Hall–Kier alpha value is -1.09. The number of nitrogens with one attached hydrogen (secondary N) is 1. The van der Waals surface area contributed by atoms with Crippen molar-refractivity contribution in [3.8, 4) is 0 Å². The van der Waals surface area contributed by atoms with Crippen molar-refractivity contribution in [1.82, 2.24) is 4.98 Å². The number of aromatic nitrogens is 1. The summed E-state index contributed by atoms with van der Waals surface area (Å²) in [5.41, 5.74) is 0. The number of halogens is 1. The number of hydrogen-bond acceptors (Lipinski definition) is 2. The monoisotopic (exact) mass is 346 g/mol. The summed E-state index contributed by atoms with van der Waals surface area (Å²) in [6, 6.07) is 8.97. The second-order valence-corrected chi connectivity index (χ2v) is 7.00. The maximum atomic E-state index is 4.57. The SMILES string of the molecule is CCCC1CCC(Nc2nccc3c(Br)cccc23)CC1. The minimum absolute atomic E-state index is 0.579. The van der Waals surface area contributed by atoms with Gasteiger partial charge in [0.2, 0.25) is 0 Å². The predicted octanol–water partition coefficient (Wildman–Crippen LogP) is 5.77. The molecule has 2 aromatic rings. The van der Waals surface area contributed by atoms with Gasteiger partial charge in [0, 0.05) is 27.5 Å². The molecule has 2 nitrogen and oxygen atoms in total. The van der Waals surface area contributed by atoms with Gasteiger partial charge in [0.15, 0.2) is 0 Å². The third-order valence-corrected chi connectivity index (χ3v) is 5.33. The van der Waals surface area contributed by atoms with Gasteiger partial charge in [-0.1, -0.05) is 47.8 Å². The smallest absolute Gasteiger partial charge is 0.134 e. The van der Waals surface area contributed by atoms with Crippen molar-refractivity contribution in [2.75, 3.05) is 5.32 Å². The summed E-state index contributed by atoms with van der Waals surface area (Å²) in [6.07, 6.45) is 9.89. The van der Waals surface area contributed by atoms with Gasteiger partial charge in [-0.2, -0.15) is 0 Å². The molecule has 1 saturated carbocycles. The highest BCUT2D eigenvalue weighted by molar-refractivity contribution is 9.10. The molecule has 1 heterocycles. The van der Waals surface area contributed by atoms with Crippen molar-refractivity contribution in [3.63, 3.8) is 0 Å². The van der Waals surface area contributed by atoms with Crippen LogP contribution in [-0.2, 0) is 0 Å². The van der Waals surface area contributed by atoms with Crippen LogP contribution in [0.25, 0.3) is 10.8 Å². The maximum absolute atomic E-state index is 4.57. The highest BCUT2D eigenvalue weighted by atomic mass is 79.9. The summed E-state index contributed by atoms with van der Waals surface area (Å²) in [4.78, 5) is 4.57. The van der Waals surface area contributed by atoms with Crippen molar-refractivity contribution in [1.29, 1.82) is 0 Å². The van der Waals surface area contributed by atoms with Crippen LogP contribution in [0.4, 0.5) is 5.82 Å². The molecule has 0 aliphatic heterocycles. The summed E-state index contributed by atoms with van der Waals surface area (Å²) in [6.45, 7) is 2.29. The molecule has 3 rings (SSSR count). The Morgan fingerprint density at radius 3 is 2.71 bits per heavy atom. The zero-order valence-corrected chi connectivity index (χ0v) is 14.2. The predicted molar refractivity (Wildman–Crippen MR) is 93.7 cm³/mol. The first-order chi connectivity index (χ1) is 10.3. The molecule has 0 radical (unpaired) electrons. The average molecular weight is 347 g/mol. The van der Waals surface area contributed by atoms with E-state index in [-0.39, 0.29) is 0 Å². The third kappa shape index (κ3) is 3.39. The van der Waals surface area contributed by atoms with Crippen LogP contribution < -0.4 is 5.32 Å². The van der Waals surface area contributed by atoms with Crippen molar-refractivity contribution < 1.29 is 0 Å². The minimum Gasteiger partial charge on any atom is -0.367 e. The quantitative estimate of drug-likeness (QED) is 0.760. The molecule has 1 N–H and O–H groups in total. The van der Waals surface area contributed by atoms with E-state index in [1.807, 2.05) is 6.20 Å². The first kappa shape index (κ1) is 14.8. The van der Waals surface area contributed by atoms with Crippen molar-refractivity contribution in [2.24, 2.45) is 5.92 Å². The van der Waals surface area contributed by atoms with E-state index in [0.29, 0.717) is 6.04 Å². The van der Waals surface area contributed by atoms with Gasteiger partial charge in [-0.3, -0.25) is 0 Å². The topological polar surface area (TPSA) is 24.9 Å². The molecule has 112 valence electrons. The van der Waals surface area contributed by atoms with Gasteiger partial charge in [0.05, 0.1) is 0 Å². The van der Waals surface area contributed by atoms with Gasteiger partial charge in [0.1, 0.15) is 5.82 Å². The molecule has 0 amide bonds. The fourth-order valence-electron chi connectivity index (χ4n) is 3.48. The molecule has 0 bridgehead atoms. The summed E-state index contributed by atoms with van der Waals surface area (Å²) in [5, 5.41) is 6.12. The standard InChI is InChI=1S/C18H23BrN2/c1-2-4-13-7-9-14(10-8-13)21-18-16-5-3-6-17(19)15(16)11-12-20-18/h3,5-6,11-14H,2,4,7-10H2,1H3,(H,20,21). The molecule has 0 atom stereocenters. The zero-order chi connectivity index (χ0) is 14.7. The Morgan fingerprint density at radius 2 is 1.95 bits per heavy atom. The molecule has 1 aliphatic carbocycles. The second-order valence-electron chi connectivity index (χ2n) is 6.15. The normalized spacial score (nSPS) is 22.4. The summed E-state index contributed by atoms with van der Waals surface area (Å²) >= 11 is 3.63. The van der Waals surface area contributed by atoms with E-state index < -0.39 is 0 Å². The molecular weight excluding hydrogens is 324 g/mol. The Kier molecular flexibility index (Phi) is 4.79. The van der Waals surface area contributed by atoms with Crippen LogP contribution in [0, 0.1) is 5.92 Å². The number of rotatable bonds is 4. The number of fused-ring (bicyclic) bond motifs is 1. The van der Waals surface area contributed by atoms with E-state index in [4.69, 9.17) is 0 Å². The van der Waals surface area contributed by atoms with E-state index in [2.05, 4.69) is 57.4 Å². The first-order valence-electron chi connectivity index (χ1n) is 8.07. The zero-order valence-electron chi connectivity index (χ0n) is 12.6. The van der Waals surface area contributed by atoms with Crippen LogP contribution in [0.2, 0.25) is 0 Å². The van der Waals surface area contributed by atoms with Gasteiger partial charge in [-0.05, 0) is 43.7 Å². The van der Waals surface area contributed by atoms with Crippen molar-refractivity contribution in [2.45, 2.75) is 51.5 Å². The van der Waals surface area contributed by atoms with E-state index >= 15 is 0 Å². The fourth-order valence-corrected chi connectivity index (χ4v) is 3.98. The van der Waals surface area contributed by atoms with Gasteiger partial charge in [0.25, 0.3) is 0 Å². The summed E-state index contributed by atoms with van der Waals surface area (Å²) < 4.78 is 1.14. The molecule has 1 aliphatic rings. The van der Waals surface area contributed by atoms with Crippen LogP contribution >= 0.6 is 15.9 Å². The molecule has 3 heteroatoms. The number of anilines is 1. The van der Waals surface area contributed by atoms with Crippen LogP contribution in [0.15, 0.2) is 34.9 Å². The molecule has 1 aromatic carbocycles. The lowest BCUT2D eigenvalue weighted by Crippen LogP contribution is -2.26. The van der Waals surface area contributed by atoms with E-state index in [1.165, 1.54) is 49.3 Å². The highest BCUT2D eigenvalue weighted by Gasteiger charge is 2.21. The fraction of sp³-hybridized carbons (Fsp3) is 0.500. The molecule has 0 saturated heterocycles. The molecule has 0 spiro atoms. The first-order valence-corrected chi connectivity index (χ1v) is 8.87. The number of pyridine rings is 1. The molecule has 1 fully saturated rings. The van der Waals surface area contributed by atoms with Crippen LogP contribution in [-0.4, -0.2) is 11.0 Å². The van der Waals surface area contributed by atoms with Gasteiger partial charge >= 0.3 is 0 Å². The number of benzene rings is 1. The van der Waals surface area contributed by atoms with Crippen LogP contribution in [0.5, 0.6) is 0 Å². The third-order valence-electron chi connectivity index (χ3n) is 4.64. The minimum atomic E-state index is 0.579. The lowest BCUT2D eigenvalue weighted by Gasteiger charge is -2.29. The number of hydrogen-bond donors (Lipinski definition) is 1. The Morgan fingerprint density at radius 1 is 1.14 bits per heavy atom. The van der Waals surface area contributed by atoms with Gasteiger partial charge in [-0.25, -0.2) is 4.98 Å². The molecular formula is C18H23BrN2. The summed E-state index contributed by atoms with van der Waals surface area (Å²) in [5.74, 6) is 1.98. The number of nitrogens with zero attached hydrogens (tertiary/aromatic N) is 1. The molecule has 0 unspecified atom stereocenters. The van der Waals surface area contributed by atoms with Crippen molar-refractivity contribution in [3.05, 3.63) is 34.9 Å². The van der Waals surface area contributed by atoms with Crippen LogP contribution in [0.3, 0.4) is 0 Å². The van der Waals surface area contributed by atoms with Gasteiger partial charge < -0.3 is 5.32 Å². The Labute approximate surface area is 135 Å². The second kappa shape index (κ2) is 6.78. The van der Waals surface area contributed by atoms with E-state index in [1.54, 1.807) is 0 Å². The average Bonchev–Trinajstić information content (AvgIpc) is 2.51. The summed E-state index contributed by atoms with van der Waals surface area (Å²) in [7, 11) is 0. The van der Waals surface area contributed by atoms with E-state index in [9.17, 15) is 0 Å². The largest absolute Gasteiger partial charge is 0.367 e.